The van der Waals surface area contributed by atoms with Gasteiger partial charge < -0.3 is 0 Å². The van der Waals surface area contributed by atoms with Crippen molar-refractivity contribution < 1.29 is 9.59 Å². The van der Waals surface area contributed by atoms with E-state index in [1.165, 1.54) is 11.0 Å². The maximum absolute atomic E-state index is 12.4. The number of nitrogens with zero attached hydrogens (tertiary/aromatic N) is 1. The number of rotatable bonds is 1. The summed E-state index contributed by atoms with van der Waals surface area (Å²) >= 11 is 9.26. The molecular formula is C15H9BrClNO2. The smallest absolute Gasteiger partial charge is 0.266 e. The second kappa shape index (κ2) is 4.72. The third-order valence-corrected chi connectivity index (χ3v) is 3.98. The number of benzene rings is 2. The molecule has 0 unspecified atom stereocenters. The molecule has 2 aromatic rings. The lowest BCUT2D eigenvalue weighted by Crippen LogP contribution is -2.29. The van der Waals surface area contributed by atoms with Crippen LogP contribution in [0, 0.1) is 6.92 Å². The van der Waals surface area contributed by atoms with Crippen molar-refractivity contribution in [2.24, 2.45) is 0 Å². The van der Waals surface area contributed by atoms with Gasteiger partial charge in [0.15, 0.2) is 0 Å². The average molecular weight is 351 g/mol. The Balaban J connectivity index is 2.14. The number of imide groups is 1. The predicted molar refractivity (Wildman–Crippen MR) is 81.5 cm³/mol. The minimum atomic E-state index is -0.335. The fourth-order valence-electron chi connectivity index (χ4n) is 2.30. The lowest BCUT2D eigenvalue weighted by Gasteiger charge is -2.16. The SMILES string of the molecule is Cc1cc(Br)ccc1N1C(=O)c2ccc(Cl)cc2C1=O. The number of fused-ring (bicyclic) bond motifs is 1. The number of hydrogen-bond acceptors (Lipinski definition) is 2. The lowest BCUT2D eigenvalue weighted by molar-refractivity contribution is 0.0926. The van der Waals surface area contributed by atoms with Crippen molar-refractivity contribution in [2.45, 2.75) is 6.92 Å². The summed E-state index contributed by atoms with van der Waals surface area (Å²) in [4.78, 5) is 26.0. The van der Waals surface area contributed by atoms with E-state index in [4.69, 9.17) is 11.6 Å². The predicted octanol–water partition coefficient (Wildman–Crippen LogP) is 4.21. The highest BCUT2D eigenvalue weighted by molar-refractivity contribution is 9.10. The van der Waals surface area contributed by atoms with Gasteiger partial charge in [0.05, 0.1) is 16.8 Å². The Kier molecular flexibility index (Phi) is 3.15. The van der Waals surface area contributed by atoms with Gasteiger partial charge in [-0.05, 0) is 48.9 Å². The van der Waals surface area contributed by atoms with Gasteiger partial charge in [0.2, 0.25) is 0 Å². The maximum Gasteiger partial charge on any atom is 0.266 e. The Morgan fingerprint density at radius 2 is 1.70 bits per heavy atom. The van der Waals surface area contributed by atoms with Crippen LogP contribution in [0.1, 0.15) is 26.3 Å². The zero-order chi connectivity index (χ0) is 14.4. The van der Waals surface area contributed by atoms with E-state index < -0.39 is 0 Å². The summed E-state index contributed by atoms with van der Waals surface area (Å²) in [6, 6.07) is 10.2. The number of anilines is 1. The van der Waals surface area contributed by atoms with Crippen LogP contribution in [0.3, 0.4) is 0 Å². The van der Waals surface area contributed by atoms with Gasteiger partial charge in [0.1, 0.15) is 0 Å². The van der Waals surface area contributed by atoms with Crippen molar-refractivity contribution in [1.29, 1.82) is 0 Å². The van der Waals surface area contributed by atoms with Crippen LogP contribution >= 0.6 is 27.5 Å². The second-order valence-corrected chi connectivity index (χ2v) is 5.92. The molecule has 1 aliphatic heterocycles. The number of amides is 2. The molecule has 0 atom stereocenters. The number of aryl methyl sites for hydroxylation is 1. The Hall–Kier alpha value is -1.65. The summed E-state index contributed by atoms with van der Waals surface area (Å²) in [7, 11) is 0. The Morgan fingerprint density at radius 1 is 1.00 bits per heavy atom. The first kappa shape index (κ1) is 13.3. The molecule has 20 heavy (non-hydrogen) atoms. The van der Waals surface area contributed by atoms with E-state index in [-0.39, 0.29) is 11.8 Å². The van der Waals surface area contributed by atoms with E-state index in [0.717, 1.165) is 10.0 Å². The molecule has 5 heteroatoms. The maximum atomic E-state index is 12.4. The van der Waals surface area contributed by atoms with Gasteiger partial charge in [0.25, 0.3) is 11.8 Å². The zero-order valence-corrected chi connectivity index (χ0v) is 12.8. The molecule has 3 rings (SSSR count). The molecule has 0 radical (unpaired) electrons. The van der Waals surface area contributed by atoms with Gasteiger partial charge in [-0.3, -0.25) is 9.59 Å². The molecule has 0 spiro atoms. The summed E-state index contributed by atoms with van der Waals surface area (Å²) in [5.41, 5.74) is 2.18. The Morgan fingerprint density at radius 3 is 2.40 bits per heavy atom. The van der Waals surface area contributed by atoms with Crippen LogP contribution in [0.4, 0.5) is 5.69 Å². The molecule has 2 amide bonds. The molecule has 0 saturated carbocycles. The average Bonchev–Trinajstić information content (AvgIpc) is 2.63. The normalized spacial score (nSPS) is 13.8. The van der Waals surface area contributed by atoms with Gasteiger partial charge in [0, 0.05) is 9.50 Å². The first-order valence-electron chi connectivity index (χ1n) is 5.93. The number of hydrogen-bond donors (Lipinski definition) is 0. The van der Waals surface area contributed by atoms with E-state index in [9.17, 15) is 9.59 Å². The Labute approximate surface area is 129 Å². The Bertz CT molecular complexity index is 758. The summed E-state index contributed by atoms with van der Waals surface area (Å²) in [6.07, 6.45) is 0. The lowest BCUT2D eigenvalue weighted by atomic mass is 10.1. The van der Waals surface area contributed by atoms with Crippen molar-refractivity contribution in [1.82, 2.24) is 0 Å². The molecule has 0 saturated heterocycles. The van der Waals surface area contributed by atoms with Crippen molar-refractivity contribution in [3.05, 3.63) is 62.6 Å². The first-order chi connectivity index (χ1) is 9.49. The molecule has 0 bridgehead atoms. The fraction of sp³-hybridized carbons (Fsp3) is 0.0667. The number of carbonyl (C=O) groups is 2. The summed E-state index contributed by atoms with van der Waals surface area (Å²) in [5.74, 6) is -0.648. The molecule has 0 N–H and O–H groups in total. The summed E-state index contributed by atoms with van der Waals surface area (Å²) < 4.78 is 0.901. The van der Waals surface area contributed by atoms with E-state index in [1.807, 2.05) is 13.0 Å². The van der Waals surface area contributed by atoms with Gasteiger partial charge in [-0.1, -0.05) is 27.5 Å². The molecule has 0 aliphatic carbocycles. The quantitative estimate of drug-likeness (QED) is 0.722. The summed E-state index contributed by atoms with van der Waals surface area (Å²) in [5, 5.41) is 0.444. The molecule has 1 aliphatic rings. The van der Waals surface area contributed by atoms with E-state index >= 15 is 0 Å². The van der Waals surface area contributed by atoms with Crippen LogP contribution in [0.25, 0.3) is 0 Å². The molecule has 1 heterocycles. The zero-order valence-electron chi connectivity index (χ0n) is 10.5. The molecular weight excluding hydrogens is 342 g/mol. The van der Waals surface area contributed by atoms with Crippen LogP contribution in [0.15, 0.2) is 40.9 Å². The highest BCUT2D eigenvalue weighted by Crippen LogP contribution is 2.32. The van der Waals surface area contributed by atoms with Crippen LogP contribution in [-0.4, -0.2) is 11.8 Å². The van der Waals surface area contributed by atoms with Crippen molar-refractivity contribution in [3.63, 3.8) is 0 Å². The van der Waals surface area contributed by atoms with Crippen LogP contribution < -0.4 is 4.90 Å². The molecule has 0 aromatic heterocycles. The number of halogens is 2. The van der Waals surface area contributed by atoms with E-state index in [1.54, 1.807) is 24.3 Å². The van der Waals surface area contributed by atoms with Crippen LogP contribution in [-0.2, 0) is 0 Å². The molecule has 100 valence electrons. The highest BCUT2D eigenvalue weighted by atomic mass is 79.9. The molecule has 2 aromatic carbocycles. The second-order valence-electron chi connectivity index (χ2n) is 4.57. The van der Waals surface area contributed by atoms with E-state index in [2.05, 4.69) is 15.9 Å². The third kappa shape index (κ3) is 1.96. The minimum Gasteiger partial charge on any atom is -0.268 e. The standard InChI is InChI=1S/C15H9BrClNO2/c1-8-6-9(16)2-5-13(8)18-14(19)11-4-3-10(17)7-12(11)15(18)20/h2-7H,1H3. The topological polar surface area (TPSA) is 37.4 Å². The van der Waals surface area contributed by atoms with Crippen molar-refractivity contribution >= 4 is 45.0 Å². The van der Waals surface area contributed by atoms with E-state index in [0.29, 0.717) is 21.8 Å². The summed E-state index contributed by atoms with van der Waals surface area (Å²) in [6.45, 7) is 1.86. The minimum absolute atomic E-state index is 0.313. The molecule has 0 fully saturated rings. The van der Waals surface area contributed by atoms with Crippen molar-refractivity contribution in [3.8, 4) is 0 Å². The van der Waals surface area contributed by atoms with Gasteiger partial charge in [-0.2, -0.15) is 0 Å². The van der Waals surface area contributed by atoms with Crippen LogP contribution in [0.2, 0.25) is 5.02 Å². The monoisotopic (exact) mass is 349 g/mol. The number of carbonyl (C=O) groups excluding carboxylic acids is 2. The van der Waals surface area contributed by atoms with Crippen molar-refractivity contribution in [2.75, 3.05) is 4.90 Å². The highest BCUT2D eigenvalue weighted by Gasteiger charge is 2.37. The van der Waals surface area contributed by atoms with Gasteiger partial charge in [-0.25, -0.2) is 4.90 Å². The third-order valence-electron chi connectivity index (χ3n) is 3.25. The van der Waals surface area contributed by atoms with Crippen LogP contribution in [0.5, 0.6) is 0 Å². The fourth-order valence-corrected chi connectivity index (χ4v) is 2.95. The largest absolute Gasteiger partial charge is 0.268 e. The van der Waals surface area contributed by atoms with Gasteiger partial charge >= 0.3 is 0 Å². The first-order valence-corrected chi connectivity index (χ1v) is 7.10. The van der Waals surface area contributed by atoms with Gasteiger partial charge in [-0.15, -0.1) is 0 Å². The molecule has 3 nitrogen and oxygen atoms in total.